The molecule has 3 aromatic rings. The molecule has 0 saturated carbocycles. The van der Waals surface area contributed by atoms with Crippen molar-refractivity contribution >= 4 is 17.2 Å². The summed E-state index contributed by atoms with van der Waals surface area (Å²) in [4.78, 5) is 22.1. The number of alkyl halides is 2. The number of nitrogens with one attached hydrogen (secondary N) is 1. The predicted molar refractivity (Wildman–Crippen MR) is 132 cm³/mol. The van der Waals surface area contributed by atoms with Crippen LogP contribution in [0.4, 0.5) is 18.9 Å². The quantitative estimate of drug-likeness (QED) is 0.520. The summed E-state index contributed by atoms with van der Waals surface area (Å²) in [7, 11) is 0. The zero-order valence-electron chi connectivity index (χ0n) is 20.7. The van der Waals surface area contributed by atoms with Gasteiger partial charge in [-0.2, -0.15) is 5.10 Å². The number of hydrogen-bond donors (Lipinski definition) is 2. The first kappa shape index (κ1) is 25.5. The number of amides is 1. The van der Waals surface area contributed by atoms with E-state index in [9.17, 15) is 23.1 Å². The van der Waals surface area contributed by atoms with Gasteiger partial charge in [0.1, 0.15) is 12.1 Å². The number of rotatable bonds is 6. The van der Waals surface area contributed by atoms with Crippen LogP contribution < -0.4 is 10.2 Å². The molecule has 8 nitrogen and oxygen atoms in total. The summed E-state index contributed by atoms with van der Waals surface area (Å²) in [6.07, 6.45) is 3.51. The molecule has 2 atom stereocenters. The highest BCUT2D eigenvalue weighted by atomic mass is 19.3. The van der Waals surface area contributed by atoms with Gasteiger partial charge in [0.2, 0.25) is 0 Å². The number of halogens is 3. The Morgan fingerprint density at radius 1 is 1.16 bits per heavy atom. The largest absolute Gasteiger partial charge is 0.392 e. The second-order valence-corrected chi connectivity index (χ2v) is 9.90. The van der Waals surface area contributed by atoms with E-state index in [0.717, 1.165) is 57.1 Å². The highest BCUT2D eigenvalue weighted by Gasteiger charge is 2.29. The zero-order chi connectivity index (χ0) is 26.1. The molecule has 0 bridgehead atoms. The zero-order valence-corrected chi connectivity index (χ0v) is 20.7. The van der Waals surface area contributed by atoms with Gasteiger partial charge in [0.05, 0.1) is 29.0 Å². The number of nitrogens with zero attached hydrogens (tertiary/aromatic N) is 5. The van der Waals surface area contributed by atoms with Crippen LogP contribution in [0.25, 0.3) is 5.65 Å². The van der Waals surface area contributed by atoms with Crippen LogP contribution in [0.15, 0.2) is 36.8 Å². The molecule has 0 aliphatic carbocycles. The van der Waals surface area contributed by atoms with E-state index in [1.165, 1.54) is 18.5 Å². The molecular formula is C26H31F3N6O2. The van der Waals surface area contributed by atoms with E-state index in [1.807, 2.05) is 0 Å². The highest BCUT2D eigenvalue weighted by molar-refractivity contribution is 5.96. The lowest BCUT2D eigenvalue weighted by molar-refractivity contribution is 0.0398. The Labute approximate surface area is 213 Å². The number of carbonyl (C=O) groups excluding carboxylic acids is 1. The lowest BCUT2D eigenvalue weighted by atomic mass is 9.98. The number of aromatic nitrogens is 3. The average Bonchev–Trinajstić information content (AvgIpc) is 3.37. The van der Waals surface area contributed by atoms with Crippen molar-refractivity contribution in [3.63, 3.8) is 0 Å². The number of carbonyl (C=O) groups is 1. The van der Waals surface area contributed by atoms with Crippen molar-refractivity contribution in [1.29, 1.82) is 0 Å². The van der Waals surface area contributed by atoms with Crippen molar-refractivity contribution in [2.75, 3.05) is 31.1 Å². The molecule has 0 spiro atoms. The highest BCUT2D eigenvalue weighted by Crippen LogP contribution is 2.30. The van der Waals surface area contributed by atoms with Gasteiger partial charge in [0.15, 0.2) is 5.65 Å². The van der Waals surface area contributed by atoms with E-state index in [1.54, 1.807) is 23.7 Å². The average molecular weight is 517 g/mol. The number of hydrogen-bond acceptors (Lipinski definition) is 6. The number of aliphatic hydroxyl groups excluding tert-OH is 1. The van der Waals surface area contributed by atoms with Crippen LogP contribution in [0.2, 0.25) is 0 Å². The lowest BCUT2D eigenvalue weighted by Crippen LogP contribution is -2.49. The third kappa shape index (κ3) is 5.28. The summed E-state index contributed by atoms with van der Waals surface area (Å²) < 4.78 is 42.4. The van der Waals surface area contributed by atoms with Crippen molar-refractivity contribution in [3.05, 3.63) is 59.3 Å². The molecule has 198 valence electrons. The van der Waals surface area contributed by atoms with Gasteiger partial charge in [-0.1, -0.05) is 18.2 Å². The van der Waals surface area contributed by atoms with E-state index >= 15 is 0 Å². The maximum Gasteiger partial charge on any atom is 0.266 e. The van der Waals surface area contributed by atoms with Crippen LogP contribution in [0.1, 0.15) is 66.6 Å². The molecule has 2 aliphatic rings. The van der Waals surface area contributed by atoms with Crippen molar-refractivity contribution in [2.24, 2.45) is 0 Å². The molecule has 37 heavy (non-hydrogen) atoms. The Balaban J connectivity index is 1.32. The number of fused-ring (bicyclic) bond motifs is 1. The summed E-state index contributed by atoms with van der Waals surface area (Å²) >= 11 is 0. The molecule has 2 N–H and O–H groups in total. The minimum atomic E-state index is -2.94. The predicted octanol–water partition coefficient (Wildman–Crippen LogP) is 3.72. The number of β-amino-alcohol motifs (C(OH)–C–C–N with tert-alkyl or cyclic N) is 1. The second kappa shape index (κ2) is 10.7. The molecule has 4 heterocycles. The van der Waals surface area contributed by atoms with Gasteiger partial charge >= 0.3 is 0 Å². The van der Waals surface area contributed by atoms with Crippen molar-refractivity contribution in [3.8, 4) is 0 Å². The van der Waals surface area contributed by atoms with Crippen LogP contribution in [0.3, 0.4) is 0 Å². The number of likely N-dealkylation sites (tertiary alicyclic amines) is 1. The monoisotopic (exact) mass is 516 g/mol. The fraction of sp³-hybridized carbons (Fsp3) is 0.500. The van der Waals surface area contributed by atoms with Crippen LogP contribution in [0, 0.1) is 5.82 Å². The van der Waals surface area contributed by atoms with Gasteiger partial charge in [-0.3, -0.25) is 9.69 Å². The normalized spacial score (nSPS) is 20.5. The van der Waals surface area contributed by atoms with Crippen LogP contribution in [-0.4, -0.2) is 68.8 Å². The second-order valence-electron chi connectivity index (χ2n) is 9.90. The summed E-state index contributed by atoms with van der Waals surface area (Å²) in [6.45, 7) is 4.82. The van der Waals surface area contributed by atoms with Gasteiger partial charge in [0.25, 0.3) is 12.3 Å². The van der Waals surface area contributed by atoms with Gasteiger partial charge in [-0.25, -0.2) is 22.7 Å². The Morgan fingerprint density at radius 3 is 2.65 bits per heavy atom. The van der Waals surface area contributed by atoms with Crippen LogP contribution in [-0.2, 0) is 0 Å². The lowest BCUT2D eigenvalue weighted by Gasteiger charge is -2.42. The first-order chi connectivity index (χ1) is 17.8. The van der Waals surface area contributed by atoms with Gasteiger partial charge < -0.3 is 15.3 Å². The fourth-order valence-corrected chi connectivity index (χ4v) is 5.48. The van der Waals surface area contributed by atoms with Crippen molar-refractivity contribution in [1.82, 2.24) is 24.8 Å². The molecule has 2 aromatic heterocycles. The van der Waals surface area contributed by atoms with Gasteiger partial charge in [-0.05, 0) is 45.2 Å². The van der Waals surface area contributed by atoms with Crippen molar-refractivity contribution < 1.29 is 23.1 Å². The number of piperidine rings is 2. The molecule has 1 aromatic carbocycles. The number of pyridine rings is 1. The first-order valence-corrected chi connectivity index (χ1v) is 12.7. The van der Waals surface area contributed by atoms with E-state index in [4.69, 9.17) is 0 Å². The Bertz CT molecular complexity index is 1260. The summed E-state index contributed by atoms with van der Waals surface area (Å²) in [5.41, 5.74) is 1.03. The maximum absolute atomic E-state index is 14.6. The molecule has 1 amide bonds. The molecule has 0 radical (unpaired) electrons. The first-order valence-electron chi connectivity index (χ1n) is 12.7. The van der Waals surface area contributed by atoms with Crippen LogP contribution in [0.5, 0.6) is 0 Å². The smallest absolute Gasteiger partial charge is 0.266 e. The van der Waals surface area contributed by atoms with E-state index in [0.29, 0.717) is 23.8 Å². The Hall–Kier alpha value is -3.18. The SMILES string of the molecule is C[C@@H](NC(=O)c1cc(N2CCC(N3CCC[C@H](O)C3)CC2)c2ncnn2c1)c1cccc(C(F)F)c1F. The third-order valence-corrected chi connectivity index (χ3v) is 7.48. The number of benzene rings is 1. The van der Waals surface area contributed by atoms with E-state index in [2.05, 4.69) is 25.2 Å². The summed E-state index contributed by atoms with van der Waals surface area (Å²) in [6, 6.07) is 5.13. The standard InChI is InChI=1S/C26H31F3N6O2/c1-16(20-5-2-6-21(23(20)27)24(28)29)32-26(37)17-12-22(25-30-15-31-35(25)13-17)33-10-7-18(8-11-33)34-9-3-4-19(36)14-34/h2,5-6,12-13,15-16,18-19,24,36H,3-4,7-11,14H2,1H3,(H,32,37)/t16-,19+/m1/s1. The van der Waals surface area contributed by atoms with Gasteiger partial charge in [-0.15, -0.1) is 0 Å². The van der Waals surface area contributed by atoms with E-state index < -0.39 is 29.8 Å². The molecule has 0 unspecified atom stereocenters. The summed E-state index contributed by atoms with van der Waals surface area (Å²) in [5, 5.41) is 17.0. The number of anilines is 1. The number of aliphatic hydroxyl groups is 1. The minimum absolute atomic E-state index is 0.00175. The molecule has 5 rings (SSSR count). The Morgan fingerprint density at radius 2 is 1.92 bits per heavy atom. The summed E-state index contributed by atoms with van der Waals surface area (Å²) in [5.74, 6) is -1.48. The molecule has 11 heteroatoms. The third-order valence-electron chi connectivity index (χ3n) is 7.48. The molecule has 2 saturated heterocycles. The fourth-order valence-electron chi connectivity index (χ4n) is 5.48. The maximum atomic E-state index is 14.6. The molecule has 2 aliphatic heterocycles. The van der Waals surface area contributed by atoms with Gasteiger partial charge in [0, 0.05) is 37.4 Å². The molecular weight excluding hydrogens is 485 g/mol. The topological polar surface area (TPSA) is 86.0 Å². The van der Waals surface area contributed by atoms with E-state index in [-0.39, 0.29) is 11.7 Å². The molecule has 2 fully saturated rings. The Kier molecular flexibility index (Phi) is 7.34. The minimum Gasteiger partial charge on any atom is -0.392 e. The van der Waals surface area contributed by atoms with Crippen molar-refractivity contribution in [2.45, 2.75) is 57.2 Å². The van der Waals surface area contributed by atoms with Crippen LogP contribution >= 0.6 is 0 Å².